The molecule has 0 spiro atoms. The molecule has 0 aromatic carbocycles. The molecule has 5 heterocycles. The zero-order chi connectivity index (χ0) is 24.6. The van der Waals surface area contributed by atoms with Crippen molar-refractivity contribution in [1.29, 1.82) is 0 Å². The van der Waals surface area contributed by atoms with Crippen LogP contribution in [0, 0.1) is 5.92 Å². The summed E-state index contributed by atoms with van der Waals surface area (Å²) in [4.78, 5) is 6.93. The molecule has 2 fully saturated rings. The second kappa shape index (κ2) is 9.54. The molecule has 0 unspecified atom stereocenters. The molecule has 0 atom stereocenters. The first kappa shape index (κ1) is 23.0. The molecule has 0 amide bonds. The zero-order valence-electron chi connectivity index (χ0n) is 19.6. The third-order valence-corrected chi connectivity index (χ3v) is 7.10. The van der Waals surface area contributed by atoms with Crippen molar-refractivity contribution in [3.05, 3.63) is 36.5 Å². The summed E-state index contributed by atoms with van der Waals surface area (Å²) in [5, 5.41) is 26.4. The Morgan fingerprint density at radius 1 is 1.11 bits per heavy atom. The van der Waals surface area contributed by atoms with Crippen LogP contribution in [0.15, 0.2) is 30.9 Å². The highest BCUT2D eigenvalue weighted by Crippen LogP contribution is 2.34. The van der Waals surface area contributed by atoms with Crippen molar-refractivity contribution in [1.82, 2.24) is 39.4 Å². The summed E-state index contributed by atoms with van der Waals surface area (Å²) in [6.45, 7) is 2.97. The van der Waals surface area contributed by atoms with Crippen LogP contribution < -0.4 is 4.90 Å². The molecule has 1 saturated carbocycles. The maximum absolute atomic E-state index is 13.9. The molecule has 2 aliphatic rings. The van der Waals surface area contributed by atoms with Crippen LogP contribution in [-0.4, -0.2) is 77.4 Å². The fourth-order valence-electron chi connectivity index (χ4n) is 5.02. The number of rotatable bonds is 6. The summed E-state index contributed by atoms with van der Waals surface area (Å²) < 4.78 is 37.9. The molecule has 1 aliphatic carbocycles. The second-order valence-corrected chi connectivity index (χ2v) is 9.30. The smallest absolute Gasteiger partial charge is 0.284 e. The predicted molar refractivity (Wildman–Crippen MR) is 125 cm³/mol. The van der Waals surface area contributed by atoms with E-state index < -0.39 is 6.43 Å². The van der Waals surface area contributed by atoms with Crippen molar-refractivity contribution < 1.29 is 18.6 Å². The van der Waals surface area contributed by atoms with Crippen molar-refractivity contribution >= 4 is 11.5 Å². The van der Waals surface area contributed by atoms with E-state index in [4.69, 9.17) is 9.72 Å². The molecular weight excluding hydrogens is 472 g/mol. The highest BCUT2D eigenvalue weighted by Gasteiger charge is 2.27. The normalized spacial score (nSPS) is 21.1. The van der Waals surface area contributed by atoms with Gasteiger partial charge in [-0.25, -0.2) is 23.0 Å². The number of alkyl halides is 2. The summed E-state index contributed by atoms with van der Waals surface area (Å²) in [5.74, 6) is 1.09. The Hall–Kier alpha value is -3.45. The number of nitrogens with zero attached hydrogens (tertiary/aromatic N) is 9. The standard InChI is InChI=1S/C23H27F2N9O2/c24-22(25)21-19(13-33(29-21)16-3-1-15(14-35)2-4-16)34-12-18(28-30-34)17-11-26-32-6-5-20(27-23(17)32)31-7-9-36-10-8-31/h5-6,11-13,15-16,22,35H,1-4,7-10,14H2. The first-order chi connectivity index (χ1) is 17.6. The van der Waals surface area contributed by atoms with Gasteiger partial charge in [0.15, 0.2) is 11.3 Å². The first-order valence-electron chi connectivity index (χ1n) is 12.2. The van der Waals surface area contributed by atoms with Gasteiger partial charge in [-0.3, -0.25) is 4.68 Å². The number of fused-ring (bicyclic) bond motifs is 1. The maximum atomic E-state index is 13.9. The predicted octanol–water partition coefficient (Wildman–Crippen LogP) is 2.67. The summed E-state index contributed by atoms with van der Waals surface area (Å²) in [6, 6.07) is 1.92. The van der Waals surface area contributed by atoms with Crippen LogP contribution in [0.2, 0.25) is 0 Å². The van der Waals surface area contributed by atoms with E-state index in [9.17, 15) is 13.9 Å². The van der Waals surface area contributed by atoms with Gasteiger partial charge in [-0.1, -0.05) is 5.21 Å². The van der Waals surface area contributed by atoms with Gasteiger partial charge in [0.05, 0.1) is 43.4 Å². The molecule has 1 N–H and O–H groups in total. The average molecular weight is 500 g/mol. The van der Waals surface area contributed by atoms with E-state index in [0.717, 1.165) is 44.6 Å². The molecule has 0 bridgehead atoms. The van der Waals surface area contributed by atoms with Gasteiger partial charge in [-0.15, -0.1) is 5.10 Å². The van der Waals surface area contributed by atoms with Crippen LogP contribution in [0.4, 0.5) is 14.6 Å². The summed E-state index contributed by atoms with van der Waals surface area (Å²) >= 11 is 0. The van der Waals surface area contributed by atoms with Gasteiger partial charge >= 0.3 is 0 Å². The second-order valence-electron chi connectivity index (χ2n) is 9.30. The molecule has 190 valence electrons. The van der Waals surface area contributed by atoms with E-state index >= 15 is 0 Å². The highest BCUT2D eigenvalue weighted by atomic mass is 19.3. The first-order valence-corrected chi connectivity index (χ1v) is 12.2. The number of halogens is 2. The fourth-order valence-corrected chi connectivity index (χ4v) is 5.02. The molecular formula is C23H27F2N9O2. The summed E-state index contributed by atoms with van der Waals surface area (Å²) in [7, 11) is 0. The monoisotopic (exact) mass is 499 g/mol. The van der Waals surface area contributed by atoms with Crippen LogP contribution in [-0.2, 0) is 4.74 Å². The van der Waals surface area contributed by atoms with Gasteiger partial charge in [0.1, 0.15) is 17.2 Å². The topological polar surface area (TPSA) is 111 Å². The van der Waals surface area contributed by atoms with Gasteiger partial charge in [0, 0.05) is 25.9 Å². The van der Waals surface area contributed by atoms with E-state index in [1.54, 1.807) is 27.8 Å². The van der Waals surface area contributed by atoms with Crippen molar-refractivity contribution in [2.24, 2.45) is 5.92 Å². The average Bonchev–Trinajstić information content (AvgIpc) is 3.66. The Morgan fingerprint density at radius 3 is 2.67 bits per heavy atom. The largest absolute Gasteiger partial charge is 0.396 e. The van der Waals surface area contributed by atoms with Gasteiger partial charge in [0.2, 0.25) is 0 Å². The number of morpholine rings is 1. The molecule has 1 aliphatic heterocycles. The quantitative estimate of drug-likeness (QED) is 0.431. The van der Waals surface area contributed by atoms with Crippen molar-refractivity contribution in [3.63, 3.8) is 0 Å². The lowest BCUT2D eigenvalue weighted by Crippen LogP contribution is -2.36. The third-order valence-electron chi connectivity index (χ3n) is 7.10. The number of anilines is 1. The van der Waals surface area contributed by atoms with Crippen molar-refractivity contribution in [2.45, 2.75) is 38.2 Å². The zero-order valence-corrected chi connectivity index (χ0v) is 19.6. The Morgan fingerprint density at radius 2 is 1.92 bits per heavy atom. The van der Waals surface area contributed by atoms with Gasteiger partial charge in [0.25, 0.3) is 6.43 Å². The Bertz CT molecular complexity index is 1340. The van der Waals surface area contributed by atoms with E-state index in [2.05, 4.69) is 25.4 Å². The SMILES string of the molecule is OCC1CCC(n2cc(-n3cc(-c4cnn5ccc(N6CCOCC6)nc45)nn3)c(C(F)F)n2)CC1. The van der Waals surface area contributed by atoms with Crippen LogP contribution >= 0.6 is 0 Å². The minimum Gasteiger partial charge on any atom is -0.396 e. The number of hydrogen-bond donors (Lipinski definition) is 1. The van der Waals surface area contributed by atoms with E-state index in [1.807, 2.05) is 12.3 Å². The maximum Gasteiger partial charge on any atom is 0.284 e. The van der Waals surface area contributed by atoms with Crippen LogP contribution in [0.25, 0.3) is 22.6 Å². The summed E-state index contributed by atoms with van der Waals surface area (Å²) in [5.41, 5.74) is 1.61. The lowest BCUT2D eigenvalue weighted by atomic mass is 9.87. The molecule has 13 heteroatoms. The molecule has 4 aromatic heterocycles. The van der Waals surface area contributed by atoms with Crippen LogP contribution in [0.5, 0.6) is 0 Å². The van der Waals surface area contributed by atoms with E-state index in [1.165, 1.54) is 4.68 Å². The van der Waals surface area contributed by atoms with Crippen LogP contribution in [0.1, 0.15) is 43.8 Å². The Labute approximate surface area is 205 Å². The van der Waals surface area contributed by atoms with Gasteiger partial charge in [-0.2, -0.15) is 10.2 Å². The highest BCUT2D eigenvalue weighted by molar-refractivity contribution is 5.75. The minimum absolute atomic E-state index is 0.0180. The van der Waals surface area contributed by atoms with E-state index in [-0.39, 0.29) is 29.9 Å². The third kappa shape index (κ3) is 4.22. The number of ether oxygens (including phenoxy) is 1. The number of hydrogen-bond acceptors (Lipinski definition) is 8. The van der Waals surface area contributed by atoms with Crippen molar-refractivity contribution in [3.8, 4) is 16.9 Å². The molecule has 11 nitrogen and oxygen atoms in total. The van der Waals surface area contributed by atoms with E-state index in [0.29, 0.717) is 30.1 Å². The molecule has 1 saturated heterocycles. The molecule has 4 aromatic rings. The minimum atomic E-state index is -2.75. The van der Waals surface area contributed by atoms with Crippen LogP contribution in [0.3, 0.4) is 0 Å². The molecule has 6 rings (SSSR count). The lowest BCUT2D eigenvalue weighted by Gasteiger charge is -2.27. The van der Waals surface area contributed by atoms with Gasteiger partial charge in [-0.05, 0) is 37.7 Å². The Kier molecular flexibility index (Phi) is 6.09. The Balaban J connectivity index is 1.31. The lowest BCUT2D eigenvalue weighted by molar-refractivity contribution is 0.122. The number of aromatic nitrogens is 8. The molecule has 36 heavy (non-hydrogen) atoms. The number of aliphatic hydroxyl groups is 1. The number of aliphatic hydroxyl groups excluding tert-OH is 1. The summed E-state index contributed by atoms with van der Waals surface area (Å²) in [6.07, 6.45) is 7.24. The van der Waals surface area contributed by atoms with Crippen molar-refractivity contribution in [2.75, 3.05) is 37.8 Å². The molecule has 0 radical (unpaired) electrons. The van der Waals surface area contributed by atoms with Gasteiger partial charge < -0.3 is 14.7 Å². The fraction of sp³-hybridized carbons (Fsp3) is 0.522.